The van der Waals surface area contributed by atoms with Crippen LogP contribution < -0.4 is 15.0 Å². The molecule has 5 heteroatoms. The molecule has 1 saturated carbocycles. The average molecular weight is 387 g/mol. The summed E-state index contributed by atoms with van der Waals surface area (Å²) in [6, 6.07) is 6.02. The van der Waals surface area contributed by atoms with Crippen molar-refractivity contribution in [3.05, 3.63) is 23.8 Å². The summed E-state index contributed by atoms with van der Waals surface area (Å²) < 4.78 is 5.34. The van der Waals surface area contributed by atoms with Gasteiger partial charge in [-0.25, -0.2) is 4.79 Å². The molecule has 0 radical (unpaired) electrons. The van der Waals surface area contributed by atoms with Crippen LogP contribution in [0.1, 0.15) is 76.2 Å². The van der Waals surface area contributed by atoms with E-state index in [2.05, 4.69) is 5.32 Å². The standard InChI is InChI=1S/C23H34N2O3/c1-18-13-14-20-21(15-18)28-23(27)17-25(20)16-22(26)24-19-11-9-7-5-3-2-4-6-8-10-12-19/h13-15,19H,2-12,16-17H2,1H3,(H,24,26). The molecule has 1 aromatic rings. The second-order valence-corrected chi connectivity index (χ2v) is 8.33. The van der Waals surface area contributed by atoms with Gasteiger partial charge in [-0.2, -0.15) is 0 Å². The number of benzene rings is 1. The van der Waals surface area contributed by atoms with Crippen molar-refractivity contribution in [1.82, 2.24) is 5.32 Å². The zero-order valence-corrected chi connectivity index (χ0v) is 17.2. The Kier molecular flexibility index (Phi) is 7.75. The fraction of sp³-hybridized carbons (Fsp3) is 0.652. The zero-order chi connectivity index (χ0) is 19.8. The normalized spacial score (nSPS) is 19.8. The summed E-state index contributed by atoms with van der Waals surface area (Å²) in [6.45, 7) is 2.28. The molecule has 5 nitrogen and oxygen atoms in total. The number of aryl methyl sites for hydroxylation is 1. The molecule has 1 amide bonds. The molecule has 1 fully saturated rings. The van der Waals surface area contributed by atoms with E-state index in [1.165, 1.54) is 57.8 Å². The topological polar surface area (TPSA) is 58.6 Å². The third-order valence-electron chi connectivity index (χ3n) is 5.80. The number of anilines is 1. The number of nitrogens with one attached hydrogen (secondary N) is 1. The van der Waals surface area contributed by atoms with Gasteiger partial charge in [0.1, 0.15) is 6.54 Å². The summed E-state index contributed by atoms with van der Waals surface area (Å²) in [6.07, 6.45) is 13.7. The number of rotatable bonds is 3. The molecule has 1 aliphatic carbocycles. The van der Waals surface area contributed by atoms with E-state index in [9.17, 15) is 9.59 Å². The Balaban J connectivity index is 1.56. The predicted molar refractivity (Wildman–Crippen MR) is 112 cm³/mol. The lowest BCUT2D eigenvalue weighted by Crippen LogP contribution is -2.46. The summed E-state index contributed by atoms with van der Waals surface area (Å²) in [7, 11) is 0. The molecule has 0 spiro atoms. The number of hydrogen-bond acceptors (Lipinski definition) is 4. The third kappa shape index (κ3) is 6.25. The maximum absolute atomic E-state index is 12.7. The summed E-state index contributed by atoms with van der Waals surface area (Å²) in [5.41, 5.74) is 1.85. The fourth-order valence-electron chi connectivity index (χ4n) is 4.26. The van der Waals surface area contributed by atoms with Crippen molar-refractivity contribution >= 4 is 17.6 Å². The van der Waals surface area contributed by atoms with Gasteiger partial charge in [0.15, 0.2) is 5.75 Å². The molecular formula is C23H34N2O3. The number of nitrogens with zero attached hydrogens (tertiary/aromatic N) is 1. The van der Waals surface area contributed by atoms with Crippen LogP contribution in [0.25, 0.3) is 0 Å². The van der Waals surface area contributed by atoms with Gasteiger partial charge >= 0.3 is 5.97 Å². The Morgan fingerprint density at radius 3 is 2.29 bits per heavy atom. The van der Waals surface area contributed by atoms with Crippen molar-refractivity contribution in [3.8, 4) is 5.75 Å². The van der Waals surface area contributed by atoms with Crippen LogP contribution in [-0.2, 0) is 9.59 Å². The van der Waals surface area contributed by atoms with E-state index in [1.807, 2.05) is 30.0 Å². The van der Waals surface area contributed by atoms with E-state index < -0.39 is 0 Å². The van der Waals surface area contributed by atoms with Crippen molar-refractivity contribution < 1.29 is 14.3 Å². The molecule has 0 aromatic heterocycles. The third-order valence-corrected chi connectivity index (χ3v) is 5.80. The maximum Gasteiger partial charge on any atom is 0.331 e. The first-order chi connectivity index (χ1) is 13.6. The van der Waals surface area contributed by atoms with E-state index >= 15 is 0 Å². The second-order valence-electron chi connectivity index (χ2n) is 8.33. The largest absolute Gasteiger partial charge is 0.423 e. The van der Waals surface area contributed by atoms with Crippen LogP contribution in [0.15, 0.2) is 18.2 Å². The lowest BCUT2D eigenvalue weighted by Gasteiger charge is -2.30. The molecule has 1 N–H and O–H groups in total. The first kappa shape index (κ1) is 20.7. The summed E-state index contributed by atoms with van der Waals surface area (Å²) in [5.74, 6) is 0.241. The highest BCUT2D eigenvalue weighted by Crippen LogP contribution is 2.32. The van der Waals surface area contributed by atoms with Crippen LogP contribution in [0.3, 0.4) is 0 Å². The number of ether oxygens (including phenoxy) is 1. The number of esters is 1. The van der Waals surface area contributed by atoms with Gasteiger partial charge in [0.25, 0.3) is 0 Å². The van der Waals surface area contributed by atoms with Crippen LogP contribution in [0.2, 0.25) is 0 Å². The van der Waals surface area contributed by atoms with E-state index in [0.717, 1.165) is 24.1 Å². The van der Waals surface area contributed by atoms with E-state index in [0.29, 0.717) is 5.75 Å². The number of carbonyl (C=O) groups is 2. The van der Waals surface area contributed by atoms with Gasteiger partial charge in [0.05, 0.1) is 12.2 Å². The second kappa shape index (κ2) is 10.5. The molecule has 154 valence electrons. The van der Waals surface area contributed by atoms with Gasteiger partial charge in [0.2, 0.25) is 5.91 Å². The van der Waals surface area contributed by atoms with E-state index in [1.54, 1.807) is 0 Å². The zero-order valence-electron chi connectivity index (χ0n) is 17.2. The van der Waals surface area contributed by atoms with Crippen LogP contribution in [0, 0.1) is 6.92 Å². The molecule has 1 heterocycles. The number of hydrogen-bond donors (Lipinski definition) is 1. The predicted octanol–water partition coefficient (Wildman–Crippen LogP) is 4.51. The summed E-state index contributed by atoms with van der Waals surface area (Å²) >= 11 is 0. The summed E-state index contributed by atoms with van der Waals surface area (Å²) in [4.78, 5) is 26.5. The highest BCUT2D eigenvalue weighted by atomic mass is 16.5. The number of fused-ring (bicyclic) bond motifs is 1. The number of amides is 1. The Hall–Kier alpha value is -2.04. The molecule has 0 bridgehead atoms. The number of carbonyl (C=O) groups excluding carboxylic acids is 2. The Morgan fingerprint density at radius 2 is 1.64 bits per heavy atom. The van der Waals surface area contributed by atoms with Crippen LogP contribution >= 0.6 is 0 Å². The molecule has 1 aromatic carbocycles. The van der Waals surface area contributed by atoms with Crippen LogP contribution in [-0.4, -0.2) is 31.0 Å². The average Bonchev–Trinajstić information content (AvgIpc) is 2.63. The minimum absolute atomic E-state index is 0.00156. The van der Waals surface area contributed by atoms with Crippen molar-refractivity contribution in [2.24, 2.45) is 0 Å². The van der Waals surface area contributed by atoms with E-state index in [-0.39, 0.29) is 31.0 Å². The molecular weight excluding hydrogens is 352 g/mol. The van der Waals surface area contributed by atoms with Gasteiger partial charge in [-0.15, -0.1) is 0 Å². The van der Waals surface area contributed by atoms with Gasteiger partial charge in [-0.05, 0) is 37.5 Å². The SMILES string of the molecule is Cc1ccc2c(c1)OC(=O)CN2CC(=O)NC1CCCCCCCCCCC1. The maximum atomic E-state index is 12.7. The molecule has 2 aliphatic rings. The highest BCUT2D eigenvalue weighted by molar-refractivity contribution is 5.89. The monoisotopic (exact) mass is 386 g/mol. The lowest BCUT2D eigenvalue weighted by atomic mass is 9.98. The Labute approximate surface area is 168 Å². The Bertz CT molecular complexity index is 662. The minimum Gasteiger partial charge on any atom is -0.423 e. The smallest absolute Gasteiger partial charge is 0.331 e. The first-order valence-corrected chi connectivity index (χ1v) is 11.0. The molecule has 28 heavy (non-hydrogen) atoms. The van der Waals surface area contributed by atoms with Crippen molar-refractivity contribution in [3.63, 3.8) is 0 Å². The van der Waals surface area contributed by atoms with Crippen molar-refractivity contribution in [2.45, 2.75) is 83.6 Å². The molecule has 0 saturated heterocycles. The quantitative estimate of drug-likeness (QED) is 0.613. The molecule has 0 atom stereocenters. The minimum atomic E-state index is -0.308. The van der Waals surface area contributed by atoms with Gasteiger partial charge in [-0.1, -0.05) is 63.9 Å². The molecule has 3 rings (SSSR count). The first-order valence-electron chi connectivity index (χ1n) is 11.0. The van der Waals surface area contributed by atoms with Gasteiger partial charge in [0, 0.05) is 6.04 Å². The van der Waals surface area contributed by atoms with E-state index in [4.69, 9.17) is 4.74 Å². The lowest BCUT2D eigenvalue weighted by molar-refractivity contribution is -0.133. The highest BCUT2D eigenvalue weighted by Gasteiger charge is 2.26. The van der Waals surface area contributed by atoms with Gasteiger partial charge in [-0.3, -0.25) is 4.79 Å². The molecule has 1 aliphatic heterocycles. The van der Waals surface area contributed by atoms with Gasteiger partial charge < -0.3 is 15.0 Å². The summed E-state index contributed by atoms with van der Waals surface area (Å²) in [5, 5.41) is 3.24. The van der Waals surface area contributed by atoms with Crippen molar-refractivity contribution in [1.29, 1.82) is 0 Å². The fourth-order valence-corrected chi connectivity index (χ4v) is 4.26. The van der Waals surface area contributed by atoms with Crippen LogP contribution in [0.5, 0.6) is 5.75 Å². The molecule has 0 unspecified atom stereocenters. The Morgan fingerprint density at radius 1 is 1.04 bits per heavy atom. The van der Waals surface area contributed by atoms with Crippen LogP contribution in [0.4, 0.5) is 5.69 Å². The van der Waals surface area contributed by atoms with Crippen molar-refractivity contribution in [2.75, 3.05) is 18.0 Å².